The van der Waals surface area contributed by atoms with E-state index in [1.807, 2.05) is 33.9 Å². The number of hydrogen-bond acceptors (Lipinski definition) is 4. The molecule has 2 aromatic rings. The summed E-state index contributed by atoms with van der Waals surface area (Å²) in [6, 6.07) is 0. The van der Waals surface area contributed by atoms with Crippen molar-refractivity contribution in [1.29, 1.82) is 0 Å². The van der Waals surface area contributed by atoms with Crippen LogP contribution in [-0.2, 0) is 7.05 Å². The largest absolute Gasteiger partial charge is 0.478 e. The lowest BCUT2D eigenvalue weighted by molar-refractivity contribution is 0.0694. The summed E-state index contributed by atoms with van der Waals surface area (Å²) < 4.78 is 1.76. The average Bonchev–Trinajstić information content (AvgIpc) is 2.75. The van der Waals surface area contributed by atoms with Gasteiger partial charge in [0.15, 0.2) is 5.82 Å². The summed E-state index contributed by atoms with van der Waals surface area (Å²) in [5, 5.41) is 13.3. The van der Waals surface area contributed by atoms with E-state index in [4.69, 9.17) is 5.11 Å². The zero-order chi connectivity index (χ0) is 15.6. The number of aryl methyl sites for hydroxylation is 2. The second kappa shape index (κ2) is 5.87. The molecule has 1 N–H and O–H groups in total. The predicted octanol–water partition coefficient (Wildman–Crippen LogP) is 2.51. The van der Waals surface area contributed by atoms with Gasteiger partial charge in [-0.15, -0.1) is 0 Å². The number of carboxylic acids is 1. The molecule has 0 fully saturated rings. The maximum atomic E-state index is 11.2. The molecule has 0 bridgehead atoms. The Bertz CT molecular complexity index is 682. The monoisotopic (exact) mass is 286 g/mol. The van der Waals surface area contributed by atoms with Gasteiger partial charge in [0.1, 0.15) is 0 Å². The minimum absolute atomic E-state index is 0.0182. The molecule has 2 aromatic heterocycles. The zero-order valence-electron chi connectivity index (χ0n) is 12.5. The first-order chi connectivity index (χ1) is 9.90. The number of carbonyl (C=O) groups is 1. The number of aromatic nitrogens is 4. The van der Waals surface area contributed by atoms with Crippen LogP contribution >= 0.6 is 0 Å². The summed E-state index contributed by atoms with van der Waals surface area (Å²) in [5.74, 6) is -0.495. The first-order valence-electron chi connectivity index (χ1n) is 6.67. The Morgan fingerprint density at radius 3 is 2.57 bits per heavy atom. The van der Waals surface area contributed by atoms with Crippen LogP contribution in [0.25, 0.3) is 12.2 Å². The first-order valence-corrected chi connectivity index (χ1v) is 6.67. The molecule has 0 unspecified atom stereocenters. The first kappa shape index (κ1) is 14.9. The minimum Gasteiger partial charge on any atom is -0.478 e. The second-order valence-electron chi connectivity index (χ2n) is 5.16. The van der Waals surface area contributed by atoms with Gasteiger partial charge in [-0.3, -0.25) is 4.68 Å². The van der Waals surface area contributed by atoms with Gasteiger partial charge in [-0.05, 0) is 30.6 Å². The standard InChI is InChI=1S/C15H18N4O2/c1-9(2)14-11(15(20)21)8-16-13(18-14)6-5-12-10(3)7-17-19(12)4/h5-9H,1-4H3,(H,20,21)/b6-5+. The van der Waals surface area contributed by atoms with Crippen molar-refractivity contribution in [3.63, 3.8) is 0 Å². The van der Waals surface area contributed by atoms with Gasteiger partial charge in [-0.25, -0.2) is 14.8 Å². The fourth-order valence-corrected chi connectivity index (χ4v) is 2.04. The summed E-state index contributed by atoms with van der Waals surface area (Å²) in [6.07, 6.45) is 6.79. The molecule has 0 aliphatic carbocycles. The maximum Gasteiger partial charge on any atom is 0.339 e. The van der Waals surface area contributed by atoms with Gasteiger partial charge in [0.25, 0.3) is 0 Å². The summed E-state index contributed by atoms with van der Waals surface area (Å²) in [7, 11) is 1.86. The van der Waals surface area contributed by atoms with Gasteiger partial charge >= 0.3 is 5.97 Å². The van der Waals surface area contributed by atoms with E-state index in [0.717, 1.165) is 11.3 Å². The topological polar surface area (TPSA) is 80.9 Å². The van der Waals surface area contributed by atoms with Crippen LogP contribution in [0.4, 0.5) is 0 Å². The Kier molecular flexibility index (Phi) is 4.16. The van der Waals surface area contributed by atoms with Crippen LogP contribution in [-0.4, -0.2) is 30.8 Å². The molecule has 0 saturated heterocycles. The third-order valence-electron chi connectivity index (χ3n) is 3.18. The average molecular weight is 286 g/mol. The van der Waals surface area contributed by atoms with Gasteiger partial charge in [-0.1, -0.05) is 13.8 Å². The molecule has 6 nitrogen and oxygen atoms in total. The summed E-state index contributed by atoms with van der Waals surface area (Å²) in [5.41, 5.74) is 2.71. The van der Waals surface area contributed by atoms with Crippen molar-refractivity contribution in [2.45, 2.75) is 26.7 Å². The lowest BCUT2D eigenvalue weighted by atomic mass is 10.1. The fourth-order valence-electron chi connectivity index (χ4n) is 2.04. The van der Waals surface area contributed by atoms with E-state index in [9.17, 15) is 4.79 Å². The van der Waals surface area contributed by atoms with Gasteiger partial charge in [0.2, 0.25) is 0 Å². The molecule has 0 atom stereocenters. The van der Waals surface area contributed by atoms with Crippen LogP contribution in [0.3, 0.4) is 0 Å². The fraction of sp³-hybridized carbons (Fsp3) is 0.333. The quantitative estimate of drug-likeness (QED) is 0.934. The van der Waals surface area contributed by atoms with Crippen molar-refractivity contribution in [2.75, 3.05) is 0 Å². The van der Waals surface area contributed by atoms with Crippen LogP contribution in [0.5, 0.6) is 0 Å². The minimum atomic E-state index is -1.00. The van der Waals surface area contributed by atoms with E-state index in [1.54, 1.807) is 17.0 Å². The van der Waals surface area contributed by atoms with Crippen LogP contribution in [0.15, 0.2) is 12.4 Å². The van der Waals surface area contributed by atoms with Crippen molar-refractivity contribution in [3.8, 4) is 0 Å². The van der Waals surface area contributed by atoms with Gasteiger partial charge < -0.3 is 5.11 Å². The molecule has 0 radical (unpaired) electrons. The molecule has 0 aliphatic rings. The van der Waals surface area contributed by atoms with Crippen molar-refractivity contribution >= 4 is 18.1 Å². The third-order valence-corrected chi connectivity index (χ3v) is 3.18. The third kappa shape index (κ3) is 3.16. The Morgan fingerprint density at radius 2 is 2.05 bits per heavy atom. The SMILES string of the molecule is Cc1cnn(C)c1/C=C/c1ncc(C(=O)O)c(C(C)C)n1. The molecule has 2 rings (SSSR count). The molecule has 110 valence electrons. The van der Waals surface area contributed by atoms with Crippen molar-refractivity contribution in [1.82, 2.24) is 19.7 Å². The normalized spacial score (nSPS) is 11.5. The predicted molar refractivity (Wildman–Crippen MR) is 80.0 cm³/mol. The van der Waals surface area contributed by atoms with Gasteiger partial charge in [-0.2, -0.15) is 5.10 Å². The Balaban J connectivity index is 2.38. The smallest absolute Gasteiger partial charge is 0.339 e. The summed E-state index contributed by atoms with van der Waals surface area (Å²) in [6.45, 7) is 5.79. The molecule has 0 amide bonds. The van der Waals surface area contributed by atoms with E-state index in [2.05, 4.69) is 15.1 Å². The highest BCUT2D eigenvalue weighted by Crippen LogP contribution is 2.17. The van der Waals surface area contributed by atoms with Gasteiger partial charge in [0.05, 0.1) is 23.1 Å². The lowest BCUT2D eigenvalue weighted by Crippen LogP contribution is -2.08. The molecule has 0 aromatic carbocycles. The molecular weight excluding hydrogens is 268 g/mol. The Labute approximate surface area is 123 Å². The number of nitrogens with zero attached hydrogens (tertiary/aromatic N) is 4. The van der Waals surface area contributed by atoms with Crippen LogP contribution in [0, 0.1) is 6.92 Å². The van der Waals surface area contributed by atoms with Crippen molar-refractivity contribution in [2.24, 2.45) is 7.05 Å². The number of rotatable bonds is 4. The zero-order valence-corrected chi connectivity index (χ0v) is 12.5. The number of hydrogen-bond donors (Lipinski definition) is 1. The summed E-state index contributed by atoms with van der Waals surface area (Å²) >= 11 is 0. The lowest BCUT2D eigenvalue weighted by Gasteiger charge is -2.08. The van der Waals surface area contributed by atoms with Crippen LogP contribution < -0.4 is 0 Å². The Hall–Kier alpha value is -2.50. The molecule has 21 heavy (non-hydrogen) atoms. The number of aromatic carboxylic acids is 1. The highest BCUT2D eigenvalue weighted by atomic mass is 16.4. The maximum absolute atomic E-state index is 11.2. The van der Waals surface area contributed by atoms with E-state index in [0.29, 0.717) is 11.5 Å². The highest BCUT2D eigenvalue weighted by molar-refractivity contribution is 5.88. The van der Waals surface area contributed by atoms with Crippen LogP contribution in [0.2, 0.25) is 0 Å². The van der Waals surface area contributed by atoms with E-state index < -0.39 is 5.97 Å². The Morgan fingerprint density at radius 1 is 1.33 bits per heavy atom. The summed E-state index contributed by atoms with van der Waals surface area (Å²) in [4.78, 5) is 19.6. The van der Waals surface area contributed by atoms with E-state index >= 15 is 0 Å². The van der Waals surface area contributed by atoms with E-state index in [-0.39, 0.29) is 11.5 Å². The molecule has 0 aliphatic heterocycles. The number of carboxylic acid groups (broad SMARTS) is 1. The van der Waals surface area contributed by atoms with E-state index in [1.165, 1.54) is 6.20 Å². The second-order valence-corrected chi connectivity index (χ2v) is 5.16. The molecule has 2 heterocycles. The molecule has 0 spiro atoms. The van der Waals surface area contributed by atoms with Crippen molar-refractivity contribution < 1.29 is 9.90 Å². The highest BCUT2D eigenvalue weighted by Gasteiger charge is 2.15. The van der Waals surface area contributed by atoms with Crippen LogP contribution in [0.1, 0.15) is 52.9 Å². The van der Waals surface area contributed by atoms with Gasteiger partial charge in [0, 0.05) is 13.2 Å². The van der Waals surface area contributed by atoms with Crippen molar-refractivity contribution in [3.05, 3.63) is 40.7 Å². The molecule has 6 heteroatoms. The molecule has 0 saturated carbocycles. The molecular formula is C15H18N4O2.